The van der Waals surface area contributed by atoms with Gasteiger partial charge in [-0.25, -0.2) is 0 Å². The lowest BCUT2D eigenvalue weighted by Crippen LogP contribution is -2.42. The van der Waals surface area contributed by atoms with Gasteiger partial charge in [0.25, 0.3) is 0 Å². The van der Waals surface area contributed by atoms with Crippen LogP contribution in [0, 0.1) is 5.92 Å². The lowest BCUT2D eigenvalue weighted by atomic mass is 9.98. The number of nitrogens with zero attached hydrogens (tertiary/aromatic N) is 1. The zero-order chi connectivity index (χ0) is 18.2. The van der Waals surface area contributed by atoms with Crippen LogP contribution in [-0.2, 0) is 14.3 Å². The van der Waals surface area contributed by atoms with Gasteiger partial charge in [-0.1, -0.05) is 6.07 Å². The molecule has 1 fully saturated rings. The quantitative estimate of drug-likeness (QED) is 0.584. The van der Waals surface area contributed by atoms with Gasteiger partial charge in [-0.05, 0) is 43.5 Å². The Morgan fingerprint density at radius 1 is 1.24 bits per heavy atom. The van der Waals surface area contributed by atoms with Crippen LogP contribution in [0.3, 0.4) is 0 Å². The van der Waals surface area contributed by atoms with Crippen LogP contribution in [0.1, 0.15) is 25.3 Å². The van der Waals surface area contributed by atoms with E-state index in [1.54, 1.807) is 44.3 Å². The molecule has 1 amide bonds. The monoisotopic (exact) mass is 347 g/mol. The predicted octanol–water partition coefficient (Wildman–Crippen LogP) is 2.52. The van der Waals surface area contributed by atoms with Crippen LogP contribution in [-0.4, -0.2) is 50.7 Å². The average molecular weight is 347 g/mol. The number of amides is 1. The smallest absolute Gasteiger partial charge is 0.310 e. The van der Waals surface area contributed by atoms with E-state index in [-0.39, 0.29) is 17.8 Å². The third kappa shape index (κ3) is 4.98. The lowest BCUT2D eigenvalue weighted by molar-refractivity contribution is -0.150. The van der Waals surface area contributed by atoms with Crippen molar-refractivity contribution in [3.8, 4) is 11.5 Å². The Morgan fingerprint density at radius 3 is 2.68 bits per heavy atom. The summed E-state index contributed by atoms with van der Waals surface area (Å²) in [6.45, 7) is 3.22. The molecule has 0 aromatic heterocycles. The van der Waals surface area contributed by atoms with Crippen LogP contribution in [0.2, 0.25) is 0 Å². The van der Waals surface area contributed by atoms with Gasteiger partial charge in [0.05, 0.1) is 26.7 Å². The Kier molecular flexibility index (Phi) is 6.86. The normalized spacial score (nSPS) is 17.4. The molecule has 0 aliphatic carbocycles. The summed E-state index contributed by atoms with van der Waals surface area (Å²) in [6.07, 6.45) is 4.83. The van der Waals surface area contributed by atoms with Crippen molar-refractivity contribution in [2.24, 2.45) is 5.92 Å². The molecule has 1 heterocycles. The SMILES string of the molecule is CCOC(=O)C1CCCN(C(=O)/C=C/c2ccc(OC)c(OC)c2)C1. The highest BCUT2D eigenvalue weighted by atomic mass is 16.5. The maximum absolute atomic E-state index is 12.4. The van der Waals surface area contributed by atoms with Crippen LogP contribution >= 0.6 is 0 Å². The summed E-state index contributed by atoms with van der Waals surface area (Å²) < 4.78 is 15.5. The van der Waals surface area contributed by atoms with E-state index in [1.807, 2.05) is 6.07 Å². The van der Waals surface area contributed by atoms with Gasteiger partial charge < -0.3 is 19.1 Å². The molecule has 2 rings (SSSR count). The fraction of sp³-hybridized carbons (Fsp3) is 0.474. The van der Waals surface area contributed by atoms with E-state index in [0.717, 1.165) is 18.4 Å². The molecule has 1 atom stereocenters. The minimum Gasteiger partial charge on any atom is -0.493 e. The molecule has 1 unspecified atom stereocenters. The minimum atomic E-state index is -0.230. The first-order valence-electron chi connectivity index (χ1n) is 8.44. The molecule has 0 radical (unpaired) electrons. The molecule has 0 spiro atoms. The molecule has 0 bridgehead atoms. The number of carbonyl (C=O) groups excluding carboxylic acids is 2. The van der Waals surface area contributed by atoms with Crippen molar-refractivity contribution < 1.29 is 23.8 Å². The van der Waals surface area contributed by atoms with Crippen molar-refractivity contribution in [1.29, 1.82) is 0 Å². The molecular weight excluding hydrogens is 322 g/mol. The van der Waals surface area contributed by atoms with Gasteiger partial charge in [0.2, 0.25) is 5.91 Å². The number of hydrogen-bond acceptors (Lipinski definition) is 5. The van der Waals surface area contributed by atoms with Gasteiger partial charge in [-0.15, -0.1) is 0 Å². The summed E-state index contributed by atoms with van der Waals surface area (Å²) in [5, 5.41) is 0. The third-order valence-corrected chi connectivity index (χ3v) is 4.18. The molecule has 1 aliphatic rings. The first-order valence-corrected chi connectivity index (χ1v) is 8.44. The number of likely N-dealkylation sites (tertiary alicyclic amines) is 1. The Morgan fingerprint density at radius 2 is 2.00 bits per heavy atom. The summed E-state index contributed by atoms with van der Waals surface area (Å²) in [4.78, 5) is 26.0. The molecule has 0 N–H and O–H groups in total. The molecule has 6 nitrogen and oxygen atoms in total. The summed E-state index contributed by atoms with van der Waals surface area (Å²) in [5.41, 5.74) is 0.838. The summed E-state index contributed by atoms with van der Waals surface area (Å²) in [7, 11) is 3.15. The van der Waals surface area contributed by atoms with Gasteiger partial charge in [-0.3, -0.25) is 9.59 Å². The first kappa shape index (κ1) is 18.8. The maximum Gasteiger partial charge on any atom is 0.310 e. The highest BCUT2D eigenvalue weighted by molar-refractivity contribution is 5.92. The molecule has 1 saturated heterocycles. The number of esters is 1. The van der Waals surface area contributed by atoms with Crippen molar-refractivity contribution in [2.75, 3.05) is 33.9 Å². The van der Waals surface area contributed by atoms with Crippen LogP contribution in [0.15, 0.2) is 24.3 Å². The first-order chi connectivity index (χ1) is 12.1. The lowest BCUT2D eigenvalue weighted by Gasteiger charge is -2.30. The maximum atomic E-state index is 12.4. The van der Waals surface area contributed by atoms with Gasteiger partial charge in [0.15, 0.2) is 11.5 Å². The Labute approximate surface area is 148 Å². The molecule has 1 aromatic rings. The van der Waals surface area contributed by atoms with E-state index < -0.39 is 0 Å². The van der Waals surface area contributed by atoms with Crippen molar-refractivity contribution in [2.45, 2.75) is 19.8 Å². The molecule has 1 aromatic carbocycles. The summed E-state index contributed by atoms with van der Waals surface area (Å²) in [6, 6.07) is 5.45. The molecule has 25 heavy (non-hydrogen) atoms. The number of benzene rings is 1. The average Bonchev–Trinajstić information content (AvgIpc) is 2.66. The summed E-state index contributed by atoms with van der Waals surface area (Å²) >= 11 is 0. The fourth-order valence-corrected chi connectivity index (χ4v) is 2.86. The third-order valence-electron chi connectivity index (χ3n) is 4.18. The minimum absolute atomic E-state index is 0.108. The van der Waals surface area contributed by atoms with Crippen LogP contribution in [0.5, 0.6) is 11.5 Å². The van der Waals surface area contributed by atoms with E-state index in [4.69, 9.17) is 14.2 Å². The standard InChI is InChI=1S/C19H25NO5/c1-4-25-19(22)15-6-5-11-20(13-15)18(21)10-8-14-7-9-16(23-2)17(12-14)24-3/h7-10,12,15H,4-6,11,13H2,1-3H3/b10-8+. The topological polar surface area (TPSA) is 65.1 Å². The van der Waals surface area contributed by atoms with Crippen molar-refractivity contribution >= 4 is 18.0 Å². The number of carbonyl (C=O) groups is 2. The van der Waals surface area contributed by atoms with Crippen molar-refractivity contribution in [1.82, 2.24) is 4.90 Å². The second-order valence-electron chi connectivity index (χ2n) is 5.82. The van der Waals surface area contributed by atoms with E-state index >= 15 is 0 Å². The predicted molar refractivity (Wildman–Crippen MR) is 94.5 cm³/mol. The number of hydrogen-bond donors (Lipinski definition) is 0. The Balaban J connectivity index is 2.01. The molecule has 136 valence electrons. The number of methoxy groups -OCH3 is 2. The molecule has 1 aliphatic heterocycles. The summed E-state index contributed by atoms with van der Waals surface area (Å²) in [5.74, 6) is 0.691. The number of rotatable bonds is 6. The zero-order valence-corrected chi connectivity index (χ0v) is 15.0. The van der Waals surface area contributed by atoms with E-state index in [0.29, 0.717) is 31.2 Å². The fourth-order valence-electron chi connectivity index (χ4n) is 2.86. The zero-order valence-electron chi connectivity index (χ0n) is 15.0. The molecule has 0 saturated carbocycles. The van der Waals surface area contributed by atoms with Gasteiger partial charge in [0.1, 0.15) is 0 Å². The second-order valence-corrected chi connectivity index (χ2v) is 5.82. The highest BCUT2D eigenvalue weighted by Gasteiger charge is 2.28. The van der Waals surface area contributed by atoms with Gasteiger partial charge in [0, 0.05) is 19.2 Å². The van der Waals surface area contributed by atoms with E-state index in [1.165, 1.54) is 6.08 Å². The largest absolute Gasteiger partial charge is 0.493 e. The van der Waals surface area contributed by atoms with Crippen molar-refractivity contribution in [3.05, 3.63) is 29.8 Å². The Hall–Kier alpha value is -2.50. The highest BCUT2D eigenvalue weighted by Crippen LogP contribution is 2.28. The van der Waals surface area contributed by atoms with E-state index in [9.17, 15) is 9.59 Å². The molecule has 6 heteroatoms. The van der Waals surface area contributed by atoms with E-state index in [2.05, 4.69) is 0 Å². The second kappa shape index (κ2) is 9.11. The van der Waals surface area contributed by atoms with Gasteiger partial charge in [-0.2, -0.15) is 0 Å². The molecular formula is C19H25NO5. The van der Waals surface area contributed by atoms with Crippen LogP contribution < -0.4 is 9.47 Å². The number of piperidine rings is 1. The van der Waals surface area contributed by atoms with Crippen LogP contribution in [0.25, 0.3) is 6.08 Å². The van der Waals surface area contributed by atoms with Gasteiger partial charge >= 0.3 is 5.97 Å². The Bertz CT molecular complexity index is 641. The van der Waals surface area contributed by atoms with Crippen molar-refractivity contribution in [3.63, 3.8) is 0 Å². The van der Waals surface area contributed by atoms with Crippen LogP contribution in [0.4, 0.5) is 0 Å². The number of ether oxygens (including phenoxy) is 3.